The molecule has 0 aromatic heterocycles. The van der Waals surface area contributed by atoms with E-state index in [1.54, 1.807) is 35.2 Å². The molecule has 5 rings (SSSR count). The lowest BCUT2D eigenvalue weighted by Crippen LogP contribution is -2.55. The fourth-order valence-corrected chi connectivity index (χ4v) is 8.14. The number of sulfonamides is 1. The van der Waals surface area contributed by atoms with Crippen molar-refractivity contribution in [1.82, 2.24) is 10.2 Å². The number of rotatable bonds is 12. The lowest BCUT2D eigenvalue weighted by molar-refractivity contribution is -0.140. The number of carbonyl (C=O) groups excluding carboxylic acids is 2. The minimum Gasteiger partial charge on any atom is -0.352 e. The van der Waals surface area contributed by atoms with Gasteiger partial charge in [-0.2, -0.15) is 0 Å². The fourth-order valence-electron chi connectivity index (χ4n) is 6.27. The molecule has 47 heavy (non-hydrogen) atoms. The Morgan fingerprint density at radius 3 is 2.06 bits per heavy atom. The van der Waals surface area contributed by atoms with Crippen molar-refractivity contribution in [3.63, 3.8) is 0 Å². The minimum absolute atomic E-state index is 0.0440. The van der Waals surface area contributed by atoms with Crippen LogP contribution in [0.5, 0.6) is 0 Å². The average molecular weight is 717 g/mol. The summed E-state index contributed by atoms with van der Waals surface area (Å²) in [6.45, 7) is 3.45. The molecule has 0 radical (unpaired) electrons. The summed E-state index contributed by atoms with van der Waals surface area (Å²) in [5.74, 6) is -0.698. The molecule has 1 aliphatic carbocycles. The van der Waals surface area contributed by atoms with E-state index in [2.05, 4.69) is 21.2 Å². The summed E-state index contributed by atoms with van der Waals surface area (Å²) in [6.07, 6.45) is 5.35. The van der Waals surface area contributed by atoms with Gasteiger partial charge in [-0.25, -0.2) is 8.42 Å². The number of carbonyl (C=O) groups is 2. The summed E-state index contributed by atoms with van der Waals surface area (Å²) in [7, 11) is -4.15. The van der Waals surface area contributed by atoms with Crippen LogP contribution in [0, 0.1) is 13.8 Å². The van der Waals surface area contributed by atoms with Gasteiger partial charge in [0.2, 0.25) is 11.8 Å². The molecular weight excluding hydrogens is 674 g/mol. The third-order valence-corrected chi connectivity index (χ3v) is 10.9. The van der Waals surface area contributed by atoms with Gasteiger partial charge in [0.15, 0.2) is 0 Å². The summed E-state index contributed by atoms with van der Waals surface area (Å²) in [6, 6.07) is 30.1. The van der Waals surface area contributed by atoms with Gasteiger partial charge in [0, 0.05) is 23.5 Å². The summed E-state index contributed by atoms with van der Waals surface area (Å²) >= 11 is 3.54. The van der Waals surface area contributed by atoms with Crippen LogP contribution >= 0.6 is 15.9 Å². The van der Waals surface area contributed by atoms with Crippen molar-refractivity contribution in [3.8, 4) is 0 Å². The van der Waals surface area contributed by atoms with E-state index < -0.39 is 28.5 Å². The highest BCUT2D eigenvalue weighted by atomic mass is 79.9. The largest absolute Gasteiger partial charge is 0.352 e. The zero-order valence-corrected chi connectivity index (χ0v) is 29.3. The van der Waals surface area contributed by atoms with Gasteiger partial charge in [0.05, 0.1) is 10.6 Å². The molecule has 0 heterocycles. The first-order chi connectivity index (χ1) is 22.6. The van der Waals surface area contributed by atoms with Crippen molar-refractivity contribution in [2.24, 2.45) is 0 Å². The fraction of sp³-hybridized carbons (Fsp3) is 0.316. The molecule has 0 spiro atoms. The van der Waals surface area contributed by atoms with E-state index in [-0.39, 0.29) is 29.8 Å². The van der Waals surface area contributed by atoms with E-state index in [0.29, 0.717) is 5.69 Å². The molecule has 1 saturated carbocycles. The first-order valence-electron chi connectivity index (χ1n) is 16.1. The monoisotopic (exact) mass is 715 g/mol. The quantitative estimate of drug-likeness (QED) is 0.166. The van der Waals surface area contributed by atoms with Crippen molar-refractivity contribution in [2.45, 2.75) is 75.9 Å². The molecule has 9 heteroatoms. The van der Waals surface area contributed by atoms with E-state index in [0.717, 1.165) is 58.8 Å². The van der Waals surface area contributed by atoms with Gasteiger partial charge in [0.25, 0.3) is 10.0 Å². The Labute approximate surface area is 287 Å². The predicted octanol–water partition coefficient (Wildman–Crippen LogP) is 7.35. The van der Waals surface area contributed by atoms with Gasteiger partial charge in [-0.15, -0.1) is 0 Å². The van der Waals surface area contributed by atoms with Gasteiger partial charge in [-0.3, -0.25) is 13.9 Å². The molecule has 246 valence electrons. The first kappa shape index (κ1) is 34.4. The van der Waals surface area contributed by atoms with Crippen LogP contribution in [0.1, 0.15) is 54.4 Å². The second-order valence-electron chi connectivity index (χ2n) is 12.4. The summed E-state index contributed by atoms with van der Waals surface area (Å²) < 4.78 is 30.5. The number of aryl methyl sites for hydroxylation is 2. The van der Waals surface area contributed by atoms with Gasteiger partial charge in [0.1, 0.15) is 12.6 Å². The van der Waals surface area contributed by atoms with Crippen LogP contribution < -0.4 is 9.62 Å². The van der Waals surface area contributed by atoms with Crippen LogP contribution in [0.3, 0.4) is 0 Å². The highest BCUT2D eigenvalue weighted by molar-refractivity contribution is 9.10. The van der Waals surface area contributed by atoms with Crippen LogP contribution in [0.25, 0.3) is 0 Å². The summed E-state index contributed by atoms with van der Waals surface area (Å²) in [5.41, 5.74) is 3.88. The van der Waals surface area contributed by atoms with Gasteiger partial charge in [-0.05, 0) is 85.3 Å². The number of halogens is 1. The third kappa shape index (κ3) is 9.11. The molecule has 2 amide bonds. The van der Waals surface area contributed by atoms with Crippen LogP contribution in [0.2, 0.25) is 0 Å². The Morgan fingerprint density at radius 1 is 0.809 bits per heavy atom. The molecule has 7 nitrogen and oxygen atoms in total. The van der Waals surface area contributed by atoms with E-state index in [4.69, 9.17) is 0 Å². The zero-order chi connectivity index (χ0) is 33.4. The molecule has 1 N–H and O–H groups in total. The predicted molar refractivity (Wildman–Crippen MR) is 191 cm³/mol. The number of nitrogens with zero attached hydrogens (tertiary/aromatic N) is 2. The topological polar surface area (TPSA) is 86.8 Å². The number of benzene rings is 4. The van der Waals surface area contributed by atoms with Crippen LogP contribution in [-0.4, -0.2) is 43.8 Å². The molecule has 0 unspecified atom stereocenters. The molecule has 0 saturated heterocycles. The second kappa shape index (κ2) is 15.8. The van der Waals surface area contributed by atoms with E-state index in [1.165, 1.54) is 16.4 Å². The van der Waals surface area contributed by atoms with Crippen molar-refractivity contribution < 1.29 is 18.0 Å². The van der Waals surface area contributed by atoms with Crippen LogP contribution in [-0.2, 0) is 32.6 Å². The number of amides is 2. The molecule has 1 fully saturated rings. The minimum atomic E-state index is -4.15. The molecule has 4 aromatic carbocycles. The normalized spacial score (nSPS) is 14.3. The van der Waals surface area contributed by atoms with E-state index in [9.17, 15) is 18.0 Å². The molecule has 4 aromatic rings. The average Bonchev–Trinajstić information content (AvgIpc) is 3.06. The van der Waals surface area contributed by atoms with Crippen LogP contribution in [0.15, 0.2) is 112 Å². The Balaban J connectivity index is 1.58. The van der Waals surface area contributed by atoms with Gasteiger partial charge in [-0.1, -0.05) is 102 Å². The summed E-state index contributed by atoms with van der Waals surface area (Å²) in [4.78, 5) is 30.6. The first-order valence-corrected chi connectivity index (χ1v) is 18.4. The maximum absolute atomic E-state index is 14.7. The Kier molecular flexibility index (Phi) is 11.5. The SMILES string of the molecule is Cc1cc(C)cc(N(CC(=O)N(Cc2cccc(Br)c2)[C@@H](Cc2ccccc2)C(=O)NC2CCCCC2)S(=O)(=O)c2ccccc2)c1. The van der Waals surface area contributed by atoms with Crippen molar-refractivity contribution in [1.29, 1.82) is 0 Å². The van der Waals surface area contributed by atoms with Gasteiger partial charge < -0.3 is 10.2 Å². The third-order valence-electron chi connectivity index (χ3n) is 8.57. The van der Waals surface area contributed by atoms with Crippen molar-refractivity contribution >= 4 is 43.5 Å². The summed E-state index contributed by atoms with van der Waals surface area (Å²) in [5, 5.41) is 3.25. The Morgan fingerprint density at radius 2 is 1.43 bits per heavy atom. The molecule has 1 aliphatic rings. The Hall–Kier alpha value is -3.95. The lowest BCUT2D eigenvalue weighted by atomic mass is 9.94. The van der Waals surface area contributed by atoms with Crippen molar-refractivity contribution in [3.05, 3.63) is 130 Å². The Bertz CT molecular complexity index is 1760. The number of hydrogen-bond donors (Lipinski definition) is 1. The molecule has 0 aliphatic heterocycles. The standard InChI is InChI=1S/C38H42BrN3O4S/c1-28-21-29(2)23-34(22-28)42(47(45,46)35-19-10-5-11-20-35)27-37(43)41(26-31-15-12-16-32(39)24-31)36(25-30-13-6-3-7-14-30)38(44)40-33-17-8-4-9-18-33/h3,5-7,10-16,19-24,33,36H,4,8-9,17-18,25-27H2,1-2H3,(H,40,44)/t36-/m0/s1. The van der Waals surface area contributed by atoms with Crippen LogP contribution in [0.4, 0.5) is 5.69 Å². The molecular formula is C38H42BrN3O4S. The second-order valence-corrected chi connectivity index (χ2v) is 15.1. The van der Waals surface area contributed by atoms with E-state index >= 15 is 0 Å². The lowest BCUT2D eigenvalue weighted by Gasteiger charge is -2.35. The smallest absolute Gasteiger partial charge is 0.264 e. The maximum atomic E-state index is 14.7. The number of anilines is 1. The van der Waals surface area contributed by atoms with Crippen molar-refractivity contribution in [2.75, 3.05) is 10.8 Å². The molecule has 1 atom stereocenters. The maximum Gasteiger partial charge on any atom is 0.264 e. The zero-order valence-electron chi connectivity index (χ0n) is 26.9. The van der Waals surface area contributed by atoms with Gasteiger partial charge >= 0.3 is 0 Å². The highest BCUT2D eigenvalue weighted by Gasteiger charge is 2.35. The van der Waals surface area contributed by atoms with E-state index in [1.807, 2.05) is 74.5 Å². The molecule has 0 bridgehead atoms. The number of hydrogen-bond acceptors (Lipinski definition) is 4. The highest BCUT2D eigenvalue weighted by Crippen LogP contribution is 2.27. The number of nitrogens with one attached hydrogen (secondary N) is 1.